The van der Waals surface area contributed by atoms with E-state index in [0.717, 1.165) is 32.5 Å². The van der Waals surface area contributed by atoms with Gasteiger partial charge in [0.1, 0.15) is 0 Å². The van der Waals surface area contributed by atoms with Crippen LogP contribution in [0.15, 0.2) is 0 Å². The Morgan fingerprint density at radius 3 is 2.00 bits per heavy atom. The van der Waals surface area contributed by atoms with Gasteiger partial charge < -0.3 is 24.6 Å². The van der Waals surface area contributed by atoms with Crippen LogP contribution in [0, 0.1) is 5.41 Å². The van der Waals surface area contributed by atoms with Gasteiger partial charge in [0.15, 0.2) is 0 Å². The van der Waals surface area contributed by atoms with E-state index in [-0.39, 0.29) is 12.0 Å². The second-order valence-corrected chi connectivity index (χ2v) is 5.69. The number of hydrogen-bond acceptors (Lipinski definition) is 5. The molecule has 0 bridgehead atoms. The molecule has 0 aliphatic rings. The molecular weight excluding hydrogens is 258 g/mol. The number of nitrogens with one attached hydrogen (secondary N) is 1. The van der Waals surface area contributed by atoms with E-state index in [1.165, 1.54) is 0 Å². The van der Waals surface area contributed by atoms with Gasteiger partial charge in [-0.25, -0.2) is 0 Å². The zero-order valence-electron chi connectivity index (χ0n) is 13.5. The van der Waals surface area contributed by atoms with Crippen LogP contribution < -0.4 is 5.32 Å². The maximum Gasteiger partial charge on any atom is 0.0701 e. The predicted octanol–water partition coefficient (Wildman–Crippen LogP) is 1.44. The standard InChI is InChI=1S/C15H33NO4/c1-4-5-7-18-9-11-20-12-10-19-8-6-16-13-15(2,3)14-17/h16-17H,4-14H2,1-3H3. The highest BCUT2D eigenvalue weighted by molar-refractivity contribution is 4.69. The molecule has 0 spiro atoms. The van der Waals surface area contributed by atoms with Crippen molar-refractivity contribution < 1.29 is 19.3 Å². The Hall–Kier alpha value is -0.200. The second kappa shape index (κ2) is 13.8. The van der Waals surface area contributed by atoms with Crippen LogP contribution in [0.25, 0.3) is 0 Å². The number of unbranched alkanes of at least 4 members (excludes halogenated alkanes) is 1. The molecule has 0 aromatic carbocycles. The van der Waals surface area contributed by atoms with Crippen molar-refractivity contribution >= 4 is 0 Å². The van der Waals surface area contributed by atoms with E-state index in [2.05, 4.69) is 12.2 Å². The Morgan fingerprint density at radius 1 is 0.900 bits per heavy atom. The summed E-state index contributed by atoms with van der Waals surface area (Å²) in [5.74, 6) is 0. The molecule has 0 saturated carbocycles. The van der Waals surface area contributed by atoms with Crippen molar-refractivity contribution in [1.82, 2.24) is 5.32 Å². The second-order valence-electron chi connectivity index (χ2n) is 5.69. The average Bonchev–Trinajstić information content (AvgIpc) is 2.44. The molecule has 0 unspecified atom stereocenters. The zero-order valence-corrected chi connectivity index (χ0v) is 13.5. The van der Waals surface area contributed by atoms with E-state index in [1.54, 1.807) is 0 Å². The molecule has 0 saturated heterocycles. The lowest BCUT2D eigenvalue weighted by atomic mass is 9.95. The number of aliphatic hydroxyl groups is 1. The van der Waals surface area contributed by atoms with Gasteiger partial charge in [-0.05, 0) is 6.42 Å². The van der Waals surface area contributed by atoms with Crippen LogP contribution in [-0.4, -0.2) is 64.4 Å². The molecule has 5 heteroatoms. The fourth-order valence-electron chi connectivity index (χ4n) is 1.42. The van der Waals surface area contributed by atoms with Crippen LogP contribution in [0.3, 0.4) is 0 Å². The normalized spacial score (nSPS) is 12.0. The first-order chi connectivity index (χ1) is 9.62. The van der Waals surface area contributed by atoms with Crippen LogP contribution in [0.5, 0.6) is 0 Å². The third-order valence-corrected chi connectivity index (χ3v) is 2.84. The fraction of sp³-hybridized carbons (Fsp3) is 1.00. The molecule has 0 radical (unpaired) electrons. The van der Waals surface area contributed by atoms with Crippen LogP contribution in [0.1, 0.15) is 33.6 Å². The summed E-state index contributed by atoms with van der Waals surface area (Å²) in [7, 11) is 0. The van der Waals surface area contributed by atoms with Crippen LogP contribution in [0.2, 0.25) is 0 Å². The first-order valence-corrected chi connectivity index (χ1v) is 7.67. The van der Waals surface area contributed by atoms with Crippen molar-refractivity contribution in [2.24, 2.45) is 5.41 Å². The number of aliphatic hydroxyl groups excluding tert-OH is 1. The molecule has 0 rings (SSSR count). The van der Waals surface area contributed by atoms with Gasteiger partial charge in [-0.15, -0.1) is 0 Å². The molecule has 2 N–H and O–H groups in total. The number of rotatable bonds is 15. The summed E-state index contributed by atoms with van der Waals surface area (Å²) in [4.78, 5) is 0. The molecular formula is C15H33NO4. The summed E-state index contributed by atoms with van der Waals surface area (Å²) in [5.41, 5.74) is -0.0686. The molecule has 122 valence electrons. The van der Waals surface area contributed by atoms with Gasteiger partial charge in [-0.3, -0.25) is 0 Å². The highest BCUT2D eigenvalue weighted by atomic mass is 16.5. The first-order valence-electron chi connectivity index (χ1n) is 7.67. The third-order valence-electron chi connectivity index (χ3n) is 2.84. The highest BCUT2D eigenvalue weighted by Crippen LogP contribution is 2.10. The van der Waals surface area contributed by atoms with Gasteiger partial charge in [0.2, 0.25) is 0 Å². The summed E-state index contributed by atoms with van der Waals surface area (Å²) in [6.45, 7) is 12.0. The van der Waals surface area contributed by atoms with E-state index in [0.29, 0.717) is 33.0 Å². The lowest BCUT2D eigenvalue weighted by molar-refractivity contribution is 0.0143. The summed E-state index contributed by atoms with van der Waals surface area (Å²) in [5, 5.41) is 12.3. The minimum atomic E-state index is -0.0686. The molecule has 0 aliphatic carbocycles. The van der Waals surface area contributed by atoms with Crippen molar-refractivity contribution in [2.45, 2.75) is 33.6 Å². The smallest absolute Gasteiger partial charge is 0.0701 e. The highest BCUT2D eigenvalue weighted by Gasteiger charge is 2.14. The summed E-state index contributed by atoms with van der Waals surface area (Å²) in [6.07, 6.45) is 2.28. The maximum absolute atomic E-state index is 9.09. The molecule has 0 fully saturated rings. The Balaban J connectivity index is 3.06. The summed E-state index contributed by atoms with van der Waals surface area (Å²) < 4.78 is 16.2. The molecule has 0 aromatic heterocycles. The molecule has 0 heterocycles. The van der Waals surface area contributed by atoms with E-state index < -0.39 is 0 Å². The van der Waals surface area contributed by atoms with Gasteiger partial charge in [-0.2, -0.15) is 0 Å². The maximum atomic E-state index is 9.09. The van der Waals surface area contributed by atoms with E-state index in [4.69, 9.17) is 19.3 Å². The predicted molar refractivity (Wildman–Crippen MR) is 81.1 cm³/mol. The van der Waals surface area contributed by atoms with Gasteiger partial charge >= 0.3 is 0 Å². The third kappa shape index (κ3) is 14.2. The monoisotopic (exact) mass is 291 g/mol. The summed E-state index contributed by atoms with van der Waals surface area (Å²) in [6, 6.07) is 0. The minimum Gasteiger partial charge on any atom is -0.396 e. The minimum absolute atomic E-state index is 0.0686. The first kappa shape index (κ1) is 19.8. The van der Waals surface area contributed by atoms with Crippen molar-refractivity contribution in [1.29, 1.82) is 0 Å². The SMILES string of the molecule is CCCCOCCOCCOCCNCC(C)(C)CO. The van der Waals surface area contributed by atoms with Crippen LogP contribution in [-0.2, 0) is 14.2 Å². The van der Waals surface area contributed by atoms with Gasteiger partial charge in [0, 0.05) is 31.7 Å². The van der Waals surface area contributed by atoms with Gasteiger partial charge in [-0.1, -0.05) is 27.2 Å². The van der Waals surface area contributed by atoms with E-state index in [1.807, 2.05) is 13.8 Å². The van der Waals surface area contributed by atoms with Crippen molar-refractivity contribution in [3.8, 4) is 0 Å². The Morgan fingerprint density at radius 2 is 1.45 bits per heavy atom. The average molecular weight is 291 g/mol. The Bertz CT molecular complexity index is 200. The zero-order chi connectivity index (χ0) is 15.1. The molecule has 5 nitrogen and oxygen atoms in total. The molecule has 0 aromatic rings. The largest absolute Gasteiger partial charge is 0.396 e. The number of hydrogen-bond donors (Lipinski definition) is 2. The van der Waals surface area contributed by atoms with Crippen molar-refractivity contribution in [2.75, 3.05) is 59.3 Å². The lowest BCUT2D eigenvalue weighted by Gasteiger charge is -2.21. The Kier molecular flexibility index (Phi) is 13.6. The van der Waals surface area contributed by atoms with E-state index >= 15 is 0 Å². The summed E-state index contributed by atoms with van der Waals surface area (Å²) >= 11 is 0. The van der Waals surface area contributed by atoms with Crippen molar-refractivity contribution in [3.05, 3.63) is 0 Å². The van der Waals surface area contributed by atoms with Crippen molar-refractivity contribution in [3.63, 3.8) is 0 Å². The molecule has 20 heavy (non-hydrogen) atoms. The van der Waals surface area contributed by atoms with Crippen LogP contribution in [0.4, 0.5) is 0 Å². The van der Waals surface area contributed by atoms with Gasteiger partial charge in [0.25, 0.3) is 0 Å². The quantitative estimate of drug-likeness (QED) is 0.447. The van der Waals surface area contributed by atoms with Crippen LogP contribution >= 0.6 is 0 Å². The molecule has 0 amide bonds. The fourth-order valence-corrected chi connectivity index (χ4v) is 1.42. The molecule has 0 atom stereocenters. The topological polar surface area (TPSA) is 60.0 Å². The molecule has 0 aliphatic heterocycles. The van der Waals surface area contributed by atoms with Gasteiger partial charge in [0.05, 0.1) is 33.0 Å². The van der Waals surface area contributed by atoms with E-state index in [9.17, 15) is 0 Å². The lowest BCUT2D eigenvalue weighted by Crippen LogP contribution is -2.34. The number of ether oxygens (including phenoxy) is 3. The Labute approximate surface area is 124 Å².